The third-order valence-electron chi connectivity index (χ3n) is 6.54. The molecule has 1 N–H and O–H groups in total. The molecule has 5 heteroatoms. The van der Waals surface area contributed by atoms with E-state index in [0.29, 0.717) is 11.5 Å². The van der Waals surface area contributed by atoms with Crippen LogP contribution in [-0.4, -0.2) is 33.7 Å². The van der Waals surface area contributed by atoms with Crippen LogP contribution >= 0.6 is 0 Å². The Morgan fingerprint density at radius 2 is 1.70 bits per heavy atom. The van der Waals surface area contributed by atoms with Gasteiger partial charge in [0.2, 0.25) is 0 Å². The predicted octanol–water partition coefficient (Wildman–Crippen LogP) is 4.80. The molecule has 0 bridgehead atoms. The predicted molar refractivity (Wildman–Crippen MR) is 119 cm³/mol. The number of carbonyl (C=O) groups is 1. The molecule has 2 aliphatic heterocycles. The lowest BCUT2D eigenvalue weighted by atomic mass is 9.89. The molecule has 2 atom stereocenters. The van der Waals surface area contributed by atoms with Gasteiger partial charge in [0.1, 0.15) is 11.4 Å². The van der Waals surface area contributed by atoms with Crippen molar-refractivity contribution in [1.82, 2.24) is 14.7 Å². The fraction of sp³-hybridized carbons (Fsp3) is 0.360. The van der Waals surface area contributed by atoms with Crippen LogP contribution in [0.25, 0.3) is 0 Å². The summed E-state index contributed by atoms with van der Waals surface area (Å²) in [7, 11) is 0. The van der Waals surface area contributed by atoms with Crippen molar-refractivity contribution in [2.45, 2.75) is 44.2 Å². The number of rotatable bonds is 3. The molecule has 1 aromatic heterocycles. The Hall–Kier alpha value is -3.08. The highest BCUT2D eigenvalue weighted by molar-refractivity contribution is 5.99. The molecule has 5 nitrogen and oxygen atoms in total. The number of fused-ring (bicyclic) bond motifs is 1. The summed E-state index contributed by atoms with van der Waals surface area (Å²) in [5.74, 6) is 1.32. The Morgan fingerprint density at radius 3 is 2.40 bits per heavy atom. The van der Waals surface area contributed by atoms with Gasteiger partial charge in [-0.3, -0.25) is 4.79 Å². The molecule has 0 spiro atoms. The zero-order chi connectivity index (χ0) is 20.7. The summed E-state index contributed by atoms with van der Waals surface area (Å²) in [6, 6.07) is 21.1. The van der Waals surface area contributed by atoms with Crippen molar-refractivity contribution in [1.29, 1.82) is 0 Å². The van der Waals surface area contributed by atoms with E-state index in [1.807, 2.05) is 21.7 Å². The van der Waals surface area contributed by atoms with Crippen LogP contribution in [0.3, 0.4) is 0 Å². The second-order valence-electron chi connectivity index (χ2n) is 9.09. The van der Waals surface area contributed by atoms with Gasteiger partial charge in [-0.2, -0.15) is 5.10 Å². The zero-order valence-corrected chi connectivity index (χ0v) is 17.6. The molecule has 0 saturated carbocycles. The maximum absolute atomic E-state index is 13.4. The van der Waals surface area contributed by atoms with Crippen molar-refractivity contribution in [3.63, 3.8) is 0 Å². The molecular weight excluding hydrogens is 372 g/mol. The van der Waals surface area contributed by atoms with E-state index in [1.165, 1.54) is 11.1 Å². The van der Waals surface area contributed by atoms with Crippen LogP contribution in [0, 0.1) is 0 Å². The number of nitrogens with zero attached hydrogens (tertiary/aromatic N) is 3. The average molecular weight is 401 g/mol. The van der Waals surface area contributed by atoms with Crippen LogP contribution in [0.5, 0.6) is 0 Å². The summed E-state index contributed by atoms with van der Waals surface area (Å²) in [4.78, 5) is 15.4. The highest BCUT2D eigenvalue weighted by Crippen LogP contribution is 2.40. The molecule has 2 unspecified atom stereocenters. The van der Waals surface area contributed by atoms with Gasteiger partial charge in [-0.25, -0.2) is 4.68 Å². The van der Waals surface area contributed by atoms with E-state index in [-0.39, 0.29) is 17.5 Å². The van der Waals surface area contributed by atoms with E-state index in [0.717, 1.165) is 31.7 Å². The summed E-state index contributed by atoms with van der Waals surface area (Å²) in [6.07, 6.45) is 3.67. The molecule has 1 amide bonds. The largest absolute Gasteiger partial charge is 0.363 e. The molecular formula is C25H28N4O. The van der Waals surface area contributed by atoms with E-state index in [9.17, 15) is 4.79 Å². The van der Waals surface area contributed by atoms with Crippen molar-refractivity contribution < 1.29 is 4.79 Å². The fourth-order valence-corrected chi connectivity index (χ4v) is 4.90. The molecule has 30 heavy (non-hydrogen) atoms. The fourth-order valence-electron chi connectivity index (χ4n) is 4.90. The van der Waals surface area contributed by atoms with Gasteiger partial charge >= 0.3 is 0 Å². The maximum Gasteiger partial charge on any atom is 0.259 e. The number of carbonyl (C=O) groups excluding carboxylic acids is 1. The molecule has 1 fully saturated rings. The number of likely N-dealkylation sites (tertiary alicyclic amines) is 1. The topological polar surface area (TPSA) is 50.2 Å². The van der Waals surface area contributed by atoms with Crippen LogP contribution in [0.4, 0.5) is 5.82 Å². The lowest BCUT2D eigenvalue weighted by molar-refractivity contribution is 0.0791. The molecule has 5 rings (SSSR count). The summed E-state index contributed by atoms with van der Waals surface area (Å²) >= 11 is 0. The number of amides is 1. The van der Waals surface area contributed by atoms with Gasteiger partial charge in [-0.05, 0) is 37.8 Å². The van der Waals surface area contributed by atoms with Crippen molar-refractivity contribution in [3.05, 3.63) is 83.6 Å². The molecule has 0 aliphatic carbocycles. The zero-order valence-electron chi connectivity index (χ0n) is 17.6. The first-order valence-corrected chi connectivity index (χ1v) is 10.8. The third-order valence-corrected chi connectivity index (χ3v) is 6.54. The SMILES string of the molecule is CC1(C)CC(c2ccccc2)Nc2c(C(=O)N3CCC(c4ccccc4)C3)cnn21. The first-order valence-electron chi connectivity index (χ1n) is 10.8. The van der Waals surface area contributed by atoms with Gasteiger partial charge in [0, 0.05) is 19.0 Å². The number of aromatic nitrogens is 2. The summed E-state index contributed by atoms with van der Waals surface area (Å²) < 4.78 is 1.99. The second kappa shape index (κ2) is 7.31. The minimum Gasteiger partial charge on any atom is -0.363 e. The number of hydrogen-bond donors (Lipinski definition) is 1. The molecule has 154 valence electrons. The smallest absolute Gasteiger partial charge is 0.259 e. The minimum atomic E-state index is -0.169. The van der Waals surface area contributed by atoms with Crippen molar-refractivity contribution >= 4 is 11.7 Å². The van der Waals surface area contributed by atoms with Gasteiger partial charge in [-0.1, -0.05) is 60.7 Å². The van der Waals surface area contributed by atoms with Crippen LogP contribution in [0.15, 0.2) is 66.9 Å². The van der Waals surface area contributed by atoms with Crippen molar-refractivity contribution in [3.8, 4) is 0 Å². The van der Waals surface area contributed by atoms with E-state index >= 15 is 0 Å². The third kappa shape index (κ3) is 3.28. The van der Waals surface area contributed by atoms with Crippen LogP contribution in [0.1, 0.15) is 60.1 Å². The number of nitrogens with one attached hydrogen (secondary N) is 1. The first kappa shape index (κ1) is 18.9. The average Bonchev–Trinajstić information content (AvgIpc) is 3.42. The number of anilines is 1. The van der Waals surface area contributed by atoms with Gasteiger partial charge in [-0.15, -0.1) is 0 Å². The van der Waals surface area contributed by atoms with Crippen molar-refractivity contribution in [2.24, 2.45) is 0 Å². The number of hydrogen-bond acceptors (Lipinski definition) is 3. The Bertz CT molecular complexity index is 1040. The Morgan fingerprint density at radius 1 is 1.03 bits per heavy atom. The molecule has 3 aromatic rings. The monoisotopic (exact) mass is 400 g/mol. The summed E-state index contributed by atoms with van der Waals surface area (Å²) in [5, 5.41) is 8.23. The van der Waals surface area contributed by atoms with Gasteiger partial charge in [0.25, 0.3) is 5.91 Å². The van der Waals surface area contributed by atoms with E-state index < -0.39 is 0 Å². The van der Waals surface area contributed by atoms with E-state index in [1.54, 1.807) is 6.20 Å². The highest BCUT2D eigenvalue weighted by Gasteiger charge is 2.38. The van der Waals surface area contributed by atoms with Crippen LogP contribution in [-0.2, 0) is 5.54 Å². The lowest BCUT2D eigenvalue weighted by Crippen LogP contribution is -2.38. The van der Waals surface area contributed by atoms with Gasteiger partial charge in [0.15, 0.2) is 0 Å². The highest BCUT2D eigenvalue weighted by atomic mass is 16.2. The Labute approximate surface area is 177 Å². The van der Waals surface area contributed by atoms with Crippen molar-refractivity contribution in [2.75, 3.05) is 18.4 Å². The van der Waals surface area contributed by atoms with E-state index in [2.05, 4.69) is 72.8 Å². The minimum absolute atomic E-state index is 0.0756. The molecule has 2 aromatic carbocycles. The summed E-state index contributed by atoms with van der Waals surface area (Å²) in [6.45, 7) is 5.93. The number of benzene rings is 2. The second-order valence-corrected chi connectivity index (χ2v) is 9.09. The van der Waals surface area contributed by atoms with Gasteiger partial charge < -0.3 is 10.2 Å². The van der Waals surface area contributed by atoms with Crippen LogP contribution in [0.2, 0.25) is 0 Å². The maximum atomic E-state index is 13.4. The standard InChI is InChI=1S/C25H28N4O/c1-25(2)15-22(19-11-7-4-8-12-19)27-23-21(16-26-29(23)25)24(30)28-14-13-20(17-28)18-9-5-3-6-10-18/h3-12,16,20,22,27H,13-15,17H2,1-2H3. The Balaban J connectivity index is 1.41. The molecule has 2 aliphatic rings. The van der Waals surface area contributed by atoms with Gasteiger partial charge in [0.05, 0.1) is 17.8 Å². The summed E-state index contributed by atoms with van der Waals surface area (Å²) in [5.41, 5.74) is 3.06. The molecule has 3 heterocycles. The van der Waals surface area contributed by atoms with Crippen LogP contribution < -0.4 is 5.32 Å². The Kier molecular flexibility index (Phi) is 4.61. The quantitative estimate of drug-likeness (QED) is 0.687. The van der Waals surface area contributed by atoms with E-state index in [4.69, 9.17) is 0 Å². The first-order chi connectivity index (χ1) is 14.5. The molecule has 1 saturated heterocycles. The molecule has 0 radical (unpaired) electrons. The lowest BCUT2D eigenvalue weighted by Gasteiger charge is -2.38. The normalized spacial score (nSPS) is 22.4.